The van der Waals surface area contributed by atoms with Gasteiger partial charge in [0, 0.05) is 11.4 Å². The lowest BCUT2D eigenvalue weighted by Crippen LogP contribution is -1.98. The van der Waals surface area contributed by atoms with Crippen molar-refractivity contribution < 1.29 is 0 Å². The van der Waals surface area contributed by atoms with E-state index < -0.39 is 0 Å². The molecule has 2 aliphatic rings. The Morgan fingerprint density at radius 3 is 2.19 bits per heavy atom. The maximum atomic E-state index is 3.36. The summed E-state index contributed by atoms with van der Waals surface area (Å²) in [7, 11) is 0. The van der Waals surface area contributed by atoms with Crippen molar-refractivity contribution in [1.29, 1.82) is 0 Å². The molecule has 0 bridgehead atoms. The number of hydrogen-bond donors (Lipinski definition) is 1. The van der Waals surface area contributed by atoms with Crippen LogP contribution in [0.3, 0.4) is 0 Å². The number of anilines is 1. The van der Waals surface area contributed by atoms with Gasteiger partial charge in [-0.25, -0.2) is 0 Å². The van der Waals surface area contributed by atoms with Gasteiger partial charge in [0.15, 0.2) is 0 Å². The van der Waals surface area contributed by atoms with E-state index >= 15 is 0 Å². The summed E-state index contributed by atoms with van der Waals surface area (Å²) in [5.74, 6) is 0. The molecule has 0 atom stereocenters. The van der Waals surface area contributed by atoms with E-state index in [1.807, 2.05) is 18.2 Å². The highest BCUT2D eigenvalue weighted by molar-refractivity contribution is 5.69. The molecular weight excluding hydrogens is 326 g/mol. The van der Waals surface area contributed by atoms with Crippen LogP contribution in [0.2, 0.25) is 0 Å². The van der Waals surface area contributed by atoms with Gasteiger partial charge < -0.3 is 5.32 Å². The van der Waals surface area contributed by atoms with Crippen molar-refractivity contribution in [3.63, 3.8) is 0 Å². The number of para-hydroxylation sites is 1. The predicted molar refractivity (Wildman–Crippen MR) is 118 cm³/mol. The van der Waals surface area contributed by atoms with E-state index in [9.17, 15) is 0 Å². The molecule has 1 N–H and O–H groups in total. The van der Waals surface area contributed by atoms with E-state index in [-0.39, 0.29) is 0 Å². The summed E-state index contributed by atoms with van der Waals surface area (Å²) in [6, 6.07) is 20.8. The second-order valence-electron chi connectivity index (χ2n) is 6.71. The Bertz CT molecular complexity index is 865. The first-order valence-electron chi connectivity index (χ1n) is 9.59. The molecule has 0 saturated heterocycles. The van der Waals surface area contributed by atoms with Crippen LogP contribution in [0.5, 0.6) is 0 Å². The van der Waals surface area contributed by atoms with Crippen molar-refractivity contribution in [3.05, 3.63) is 120 Å². The lowest BCUT2D eigenvalue weighted by atomic mass is 10.0. The molecule has 0 spiro atoms. The first-order chi connectivity index (χ1) is 13.3. The standard InChI is InChI=1S/C14H14.C12H13N/c1-12-6-5-9-14(11-10-12)13-7-3-2-4-8-13;1-3-7-11(8-4-1)13-12-9-5-2-6-10-12/h2-8,10-11H,9H2,1H3;1,3-5,7-10,13H,2,6H2. The summed E-state index contributed by atoms with van der Waals surface area (Å²) in [5.41, 5.74) is 6.38. The van der Waals surface area contributed by atoms with Crippen LogP contribution < -0.4 is 5.32 Å². The Morgan fingerprint density at radius 2 is 1.48 bits per heavy atom. The number of benzene rings is 2. The normalized spacial score (nSPS) is 15.5. The van der Waals surface area contributed by atoms with Crippen LogP contribution in [0.1, 0.15) is 31.7 Å². The van der Waals surface area contributed by atoms with E-state index in [1.165, 1.54) is 28.8 Å². The minimum absolute atomic E-state index is 1.03. The molecule has 0 aromatic heterocycles. The van der Waals surface area contributed by atoms with Gasteiger partial charge in [0.1, 0.15) is 0 Å². The molecular formula is C26H27N. The van der Waals surface area contributed by atoms with Crippen molar-refractivity contribution in [2.24, 2.45) is 0 Å². The lowest BCUT2D eigenvalue weighted by Gasteiger charge is -2.09. The fourth-order valence-electron chi connectivity index (χ4n) is 2.99. The topological polar surface area (TPSA) is 12.0 Å². The van der Waals surface area contributed by atoms with Crippen LogP contribution in [0.15, 0.2) is 114 Å². The summed E-state index contributed by atoms with van der Waals surface area (Å²) in [6.45, 7) is 2.13. The Morgan fingerprint density at radius 1 is 0.741 bits per heavy atom. The second kappa shape index (κ2) is 10.2. The number of nitrogens with one attached hydrogen (secondary N) is 1. The van der Waals surface area contributed by atoms with Crippen molar-refractivity contribution >= 4 is 11.3 Å². The van der Waals surface area contributed by atoms with Crippen LogP contribution in [-0.4, -0.2) is 0 Å². The Hall–Kier alpha value is -3.06. The van der Waals surface area contributed by atoms with E-state index in [0.29, 0.717) is 0 Å². The fourth-order valence-corrected chi connectivity index (χ4v) is 2.99. The highest BCUT2D eigenvalue weighted by atomic mass is 14.9. The zero-order valence-corrected chi connectivity index (χ0v) is 15.9. The second-order valence-corrected chi connectivity index (χ2v) is 6.71. The molecule has 0 aliphatic heterocycles. The average molecular weight is 354 g/mol. The predicted octanol–water partition coefficient (Wildman–Crippen LogP) is 7.31. The van der Waals surface area contributed by atoms with Crippen molar-refractivity contribution in [1.82, 2.24) is 0 Å². The van der Waals surface area contributed by atoms with Crippen LogP contribution in [0, 0.1) is 0 Å². The molecule has 2 aromatic rings. The smallest absolute Gasteiger partial charge is 0.0384 e. The molecule has 2 aromatic carbocycles. The molecule has 136 valence electrons. The lowest BCUT2D eigenvalue weighted by molar-refractivity contribution is 1.02. The molecule has 1 heteroatoms. The zero-order chi connectivity index (χ0) is 18.7. The molecule has 27 heavy (non-hydrogen) atoms. The Kier molecular flexibility index (Phi) is 7.06. The van der Waals surface area contributed by atoms with Gasteiger partial charge in [-0.15, -0.1) is 0 Å². The number of hydrogen-bond acceptors (Lipinski definition) is 1. The summed E-state index contributed by atoms with van der Waals surface area (Å²) in [6.07, 6.45) is 18.7. The highest BCUT2D eigenvalue weighted by Crippen LogP contribution is 2.21. The zero-order valence-electron chi connectivity index (χ0n) is 15.9. The first-order valence-corrected chi connectivity index (χ1v) is 9.59. The SMILES string of the molecule is C1=CC(Nc2ccccc2)=CCC1.CC1=CC=C(c2ccccc2)CC=C1. The van der Waals surface area contributed by atoms with Crippen molar-refractivity contribution in [2.75, 3.05) is 5.32 Å². The minimum Gasteiger partial charge on any atom is -0.356 e. The third-order valence-corrected chi connectivity index (χ3v) is 4.47. The summed E-state index contributed by atoms with van der Waals surface area (Å²) < 4.78 is 0. The van der Waals surface area contributed by atoms with Gasteiger partial charge in [0.25, 0.3) is 0 Å². The monoisotopic (exact) mass is 353 g/mol. The van der Waals surface area contributed by atoms with E-state index in [2.05, 4.69) is 97.2 Å². The van der Waals surface area contributed by atoms with E-state index in [1.54, 1.807) is 0 Å². The van der Waals surface area contributed by atoms with Crippen molar-refractivity contribution in [3.8, 4) is 0 Å². The van der Waals surface area contributed by atoms with Gasteiger partial charge >= 0.3 is 0 Å². The minimum atomic E-state index is 1.03. The van der Waals surface area contributed by atoms with Crippen LogP contribution in [0.4, 0.5) is 5.69 Å². The van der Waals surface area contributed by atoms with Gasteiger partial charge in [-0.05, 0) is 55.5 Å². The Balaban J connectivity index is 0.000000156. The molecule has 4 rings (SSSR count). The summed E-state index contributed by atoms with van der Waals surface area (Å²) in [5, 5.41) is 3.36. The van der Waals surface area contributed by atoms with Gasteiger partial charge in [0.05, 0.1) is 0 Å². The average Bonchev–Trinajstić information content (AvgIpc) is 2.95. The highest BCUT2D eigenvalue weighted by Gasteiger charge is 1.99. The van der Waals surface area contributed by atoms with E-state index in [4.69, 9.17) is 0 Å². The molecule has 0 radical (unpaired) electrons. The van der Waals surface area contributed by atoms with Gasteiger partial charge in [-0.1, -0.05) is 90.6 Å². The van der Waals surface area contributed by atoms with Gasteiger partial charge in [-0.2, -0.15) is 0 Å². The quantitative estimate of drug-likeness (QED) is 0.610. The molecule has 0 saturated carbocycles. The molecule has 0 fully saturated rings. The number of allylic oxidation sites excluding steroid dienone is 9. The van der Waals surface area contributed by atoms with Crippen LogP contribution >= 0.6 is 0 Å². The third-order valence-electron chi connectivity index (χ3n) is 4.47. The first kappa shape index (κ1) is 18.7. The van der Waals surface area contributed by atoms with Gasteiger partial charge in [0.2, 0.25) is 0 Å². The van der Waals surface area contributed by atoms with E-state index in [0.717, 1.165) is 18.5 Å². The van der Waals surface area contributed by atoms with Gasteiger partial charge in [-0.3, -0.25) is 0 Å². The molecule has 0 amide bonds. The largest absolute Gasteiger partial charge is 0.356 e. The van der Waals surface area contributed by atoms with Crippen LogP contribution in [0.25, 0.3) is 5.57 Å². The summed E-state index contributed by atoms with van der Waals surface area (Å²) in [4.78, 5) is 0. The molecule has 1 nitrogen and oxygen atoms in total. The van der Waals surface area contributed by atoms with Crippen molar-refractivity contribution in [2.45, 2.75) is 26.2 Å². The summed E-state index contributed by atoms with van der Waals surface area (Å²) >= 11 is 0. The molecule has 0 heterocycles. The Labute approximate surface area is 163 Å². The maximum absolute atomic E-state index is 3.36. The fraction of sp³-hybridized carbons (Fsp3) is 0.154. The van der Waals surface area contributed by atoms with Crippen LogP contribution in [-0.2, 0) is 0 Å². The number of rotatable bonds is 3. The third kappa shape index (κ3) is 6.31. The maximum Gasteiger partial charge on any atom is 0.0384 e. The molecule has 2 aliphatic carbocycles. The molecule has 0 unspecified atom stereocenters.